The quantitative estimate of drug-likeness (QED) is 0.905. The maximum absolute atomic E-state index is 11.1. The van der Waals surface area contributed by atoms with Crippen LogP contribution in [0.25, 0.3) is 0 Å². The molecule has 0 atom stereocenters. The second kappa shape index (κ2) is 5.54. The highest BCUT2D eigenvalue weighted by atomic mass is 32.2. The van der Waals surface area contributed by atoms with Crippen LogP contribution < -0.4 is 9.46 Å². The number of ether oxygens (including phenoxy) is 1. The lowest BCUT2D eigenvalue weighted by atomic mass is 10.1. The Labute approximate surface area is 115 Å². The van der Waals surface area contributed by atoms with E-state index in [-0.39, 0.29) is 5.13 Å². The van der Waals surface area contributed by atoms with Gasteiger partial charge in [-0.2, -0.15) is 0 Å². The molecule has 0 amide bonds. The van der Waals surface area contributed by atoms with Crippen molar-refractivity contribution in [1.29, 1.82) is 0 Å². The van der Waals surface area contributed by atoms with Crippen LogP contribution in [0.3, 0.4) is 0 Å². The Morgan fingerprint density at radius 1 is 1.26 bits per heavy atom. The minimum absolute atomic E-state index is 0.283. The van der Waals surface area contributed by atoms with E-state index in [9.17, 15) is 8.42 Å². The van der Waals surface area contributed by atoms with Crippen LogP contribution in [0.2, 0.25) is 0 Å². The van der Waals surface area contributed by atoms with E-state index in [2.05, 4.69) is 14.9 Å². The topological polar surface area (TPSA) is 81.2 Å². The zero-order valence-electron chi connectivity index (χ0n) is 10.5. The van der Waals surface area contributed by atoms with E-state index < -0.39 is 10.0 Å². The molecule has 0 radical (unpaired) electrons. The van der Waals surface area contributed by atoms with Gasteiger partial charge in [0.1, 0.15) is 10.8 Å². The molecule has 2 rings (SSSR count). The van der Waals surface area contributed by atoms with Gasteiger partial charge in [-0.05, 0) is 17.7 Å². The van der Waals surface area contributed by atoms with Gasteiger partial charge in [0, 0.05) is 6.42 Å². The Morgan fingerprint density at radius 3 is 2.53 bits per heavy atom. The Balaban J connectivity index is 2.06. The summed E-state index contributed by atoms with van der Waals surface area (Å²) in [5.41, 5.74) is 1.06. The molecule has 0 fully saturated rings. The normalized spacial score (nSPS) is 11.3. The molecule has 0 aliphatic carbocycles. The molecule has 1 heterocycles. The van der Waals surface area contributed by atoms with Gasteiger partial charge in [-0.15, -0.1) is 10.2 Å². The van der Waals surface area contributed by atoms with Gasteiger partial charge < -0.3 is 4.74 Å². The summed E-state index contributed by atoms with van der Waals surface area (Å²) in [4.78, 5) is 0. The van der Waals surface area contributed by atoms with Crippen molar-refractivity contribution in [2.45, 2.75) is 6.42 Å². The molecule has 0 unspecified atom stereocenters. The minimum Gasteiger partial charge on any atom is -0.497 e. The predicted molar refractivity (Wildman–Crippen MR) is 74.2 cm³/mol. The van der Waals surface area contributed by atoms with Gasteiger partial charge in [-0.3, -0.25) is 4.72 Å². The van der Waals surface area contributed by atoms with Crippen LogP contribution in [-0.2, 0) is 16.4 Å². The van der Waals surface area contributed by atoms with Crippen molar-refractivity contribution in [2.75, 3.05) is 18.1 Å². The summed E-state index contributed by atoms with van der Waals surface area (Å²) in [6.45, 7) is 0. The fourth-order valence-electron chi connectivity index (χ4n) is 1.44. The van der Waals surface area contributed by atoms with E-state index in [1.807, 2.05) is 24.3 Å². The zero-order chi connectivity index (χ0) is 13.9. The molecule has 0 bridgehead atoms. The lowest BCUT2D eigenvalue weighted by Crippen LogP contribution is -2.08. The number of anilines is 1. The number of hydrogen-bond acceptors (Lipinski definition) is 6. The molecule has 2 aromatic rings. The van der Waals surface area contributed by atoms with E-state index in [1.165, 1.54) is 11.3 Å². The molecule has 0 saturated heterocycles. The van der Waals surface area contributed by atoms with Gasteiger partial charge in [0.05, 0.1) is 13.4 Å². The average molecular weight is 299 g/mol. The zero-order valence-corrected chi connectivity index (χ0v) is 12.1. The largest absolute Gasteiger partial charge is 0.497 e. The molecule has 19 heavy (non-hydrogen) atoms. The van der Waals surface area contributed by atoms with Crippen molar-refractivity contribution in [2.24, 2.45) is 0 Å². The first-order valence-electron chi connectivity index (χ1n) is 5.39. The fourth-order valence-corrected chi connectivity index (χ4v) is 3.05. The van der Waals surface area contributed by atoms with Crippen LogP contribution in [0, 0.1) is 0 Å². The number of methoxy groups -OCH3 is 1. The van der Waals surface area contributed by atoms with Crippen molar-refractivity contribution < 1.29 is 13.2 Å². The fraction of sp³-hybridized carbons (Fsp3) is 0.273. The van der Waals surface area contributed by atoms with Gasteiger partial charge in [0.2, 0.25) is 15.2 Å². The molecule has 102 valence electrons. The van der Waals surface area contributed by atoms with Crippen LogP contribution >= 0.6 is 11.3 Å². The summed E-state index contributed by atoms with van der Waals surface area (Å²) in [5.74, 6) is 0.792. The molecule has 6 nitrogen and oxygen atoms in total. The molecule has 8 heteroatoms. The number of sulfonamides is 1. The van der Waals surface area contributed by atoms with E-state index in [1.54, 1.807) is 7.11 Å². The molecular weight excluding hydrogens is 286 g/mol. The van der Waals surface area contributed by atoms with Crippen LogP contribution in [0.15, 0.2) is 24.3 Å². The molecule has 0 aliphatic heterocycles. The van der Waals surface area contributed by atoms with Crippen LogP contribution in [0.5, 0.6) is 5.75 Å². The Morgan fingerprint density at radius 2 is 1.95 bits per heavy atom. The Kier molecular flexibility index (Phi) is 4.01. The molecule has 0 spiro atoms. The summed E-state index contributed by atoms with van der Waals surface area (Å²) in [7, 11) is -1.69. The SMILES string of the molecule is COc1ccc(Cc2nnc(NS(C)(=O)=O)s2)cc1. The highest BCUT2D eigenvalue weighted by Gasteiger charge is 2.09. The van der Waals surface area contributed by atoms with Crippen molar-refractivity contribution in [3.05, 3.63) is 34.8 Å². The van der Waals surface area contributed by atoms with Crippen molar-refractivity contribution in [3.8, 4) is 5.75 Å². The van der Waals surface area contributed by atoms with E-state index in [0.29, 0.717) is 6.42 Å². The summed E-state index contributed by atoms with van der Waals surface area (Å²) in [6, 6.07) is 7.60. The number of aromatic nitrogens is 2. The van der Waals surface area contributed by atoms with Gasteiger partial charge in [0.25, 0.3) is 0 Å². The standard InChI is InChI=1S/C11H13N3O3S2/c1-17-9-5-3-8(4-6-9)7-10-12-13-11(18-10)14-19(2,15)16/h3-6H,7H2,1-2H3,(H,13,14). The summed E-state index contributed by atoms with van der Waals surface area (Å²) < 4.78 is 29.5. The third-order valence-electron chi connectivity index (χ3n) is 2.25. The predicted octanol–water partition coefficient (Wildman–Crippen LogP) is 1.51. The molecular formula is C11H13N3O3S2. The summed E-state index contributed by atoms with van der Waals surface area (Å²) >= 11 is 1.22. The average Bonchev–Trinajstić information content (AvgIpc) is 2.75. The van der Waals surface area contributed by atoms with Crippen molar-refractivity contribution in [1.82, 2.24) is 10.2 Å². The summed E-state index contributed by atoms with van der Waals surface area (Å²) in [5, 5.41) is 8.76. The van der Waals surface area contributed by atoms with Gasteiger partial charge >= 0.3 is 0 Å². The monoisotopic (exact) mass is 299 g/mol. The second-order valence-electron chi connectivity index (χ2n) is 3.90. The lowest BCUT2D eigenvalue weighted by molar-refractivity contribution is 0.414. The number of benzene rings is 1. The Bertz CT molecular complexity index is 650. The van der Waals surface area contributed by atoms with Gasteiger partial charge in [0.15, 0.2) is 0 Å². The van der Waals surface area contributed by atoms with E-state index in [4.69, 9.17) is 4.74 Å². The highest BCUT2D eigenvalue weighted by Crippen LogP contribution is 2.20. The van der Waals surface area contributed by atoms with Gasteiger partial charge in [-0.25, -0.2) is 8.42 Å². The number of hydrogen-bond donors (Lipinski definition) is 1. The maximum atomic E-state index is 11.1. The number of rotatable bonds is 5. The molecule has 0 saturated carbocycles. The second-order valence-corrected chi connectivity index (χ2v) is 6.71. The minimum atomic E-state index is -3.30. The van der Waals surface area contributed by atoms with E-state index >= 15 is 0 Å². The van der Waals surface area contributed by atoms with Crippen LogP contribution in [0.4, 0.5) is 5.13 Å². The highest BCUT2D eigenvalue weighted by molar-refractivity contribution is 7.92. The van der Waals surface area contributed by atoms with E-state index in [0.717, 1.165) is 22.6 Å². The summed E-state index contributed by atoms with van der Waals surface area (Å²) in [6.07, 6.45) is 1.69. The van der Waals surface area contributed by atoms with Crippen molar-refractivity contribution in [3.63, 3.8) is 0 Å². The molecule has 0 aliphatic rings. The van der Waals surface area contributed by atoms with Crippen LogP contribution in [0.1, 0.15) is 10.6 Å². The van der Waals surface area contributed by atoms with Crippen molar-refractivity contribution >= 4 is 26.5 Å². The molecule has 1 aromatic carbocycles. The first-order valence-corrected chi connectivity index (χ1v) is 8.10. The smallest absolute Gasteiger partial charge is 0.231 e. The molecule has 1 aromatic heterocycles. The third kappa shape index (κ3) is 4.18. The maximum Gasteiger partial charge on any atom is 0.231 e. The molecule has 1 N–H and O–H groups in total. The third-order valence-corrected chi connectivity index (χ3v) is 3.79. The number of nitrogens with zero attached hydrogens (tertiary/aromatic N) is 2. The lowest BCUT2D eigenvalue weighted by Gasteiger charge is -2.00. The van der Waals surface area contributed by atoms with Gasteiger partial charge in [-0.1, -0.05) is 23.5 Å². The first-order chi connectivity index (χ1) is 8.96. The first kappa shape index (κ1) is 13.8. The Hall–Kier alpha value is -1.67. The number of nitrogens with one attached hydrogen (secondary N) is 1. The van der Waals surface area contributed by atoms with Crippen LogP contribution in [-0.4, -0.2) is 32.0 Å².